The van der Waals surface area contributed by atoms with E-state index in [9.17, 15) is 9.59 Å². The minimum atomic E-state index is -0.172. The van der Waals surface area contributed by atoms with Crippen molar-refractivity contribution in [3.05, 3.63) is 63.9 Å². The van der Waals surface area contributed by atoms with Crippen LogP contribution in [0.4, 0.5) is 0 Å². The Labute approximate surface area is 164 Å². The molecule has 0 saturated carbocycles. The van der Waals surface area contributed by atoms with Crippen molar-refractivity contribution in [2.24, 2.45) is 0 Å². The monoisotopic (exact) mass is 382 g/mol. The van der Waals surface area contributed by atoms with Crippen LogP contribution in [0.2, 0.25) is 0 Å². The molecule has 2 heterocycles. The number of likely N-dealkylation sites (N-methyl/N-ethyl adjacent to an activating group) is 1. The highest BCUT2D eigenvalue weighted by Gasteiger charge is 2.14. The van der Waals surface area contributed by atoms with Crippen molar-refractivity contribution in [2.75, 3.05) is 20.1 Å². The van der Waals surface area contributed by atoms with E-state index < -0.39 is 0 Å². The minimum Gasteiger partial charge on any atom is -0.443 e. The molecule has 0 atom stereocenters. The molecule has 148 valence electrons. The first-order valence-electron chi connectivity index (χ1n) is 9.40. The third kappa shape index (κ3) is 4.67. The minimum absolute atomic E-state index is 0.0831. The van der Waals surface area contributed by atoms with Gasteiger partial charge in [0.2, 0.25) is 11.6 Å². The van der Waals surface area contributed by atoms with E-state index in [4.69, 9.17) is 4.42 Å². The Hall–Kier alpha value is -2.93. The molecule has 0 bridgehead atoms. The van der Waals surface area contributed by atoms with E-state index in [-0.39, 0.29) is 24.4 Å². The molecule has 0 aliphatic rings. The number of hydrogen-bond donors (Lipinski definition) is 1. The van der Waals surface area contributed by atoms with Gasteiger partial charge in [-0.3, -0.25) is 14.2 Å². The van der Waals surface area contributed by atoms with E-state index in [0.717, 1.165) is 18.7 Å². The number of nitrogens with one attached hydrogen (secondary N) is 1. The molecule has 0 aliphatic heterocycles. The predicted molar refractivity (Wildman–Crippen MR) is 108 cm³/mol. The third-order valence-electron chi connectivity index (χ3n) is 4.85. The first-order chi connectivity index (χ1) is 13.5. The van der Waals surface area contributed by atoms with Gasteiger partial charge in [-0.05, 0) is 26.5 Å². The molecule has 0 spiro atoms. The summed E-state index contributed by atoms with van der Waals surface area (Å²) >= 11 is 0. The molecule has 0 saturated heterocycles. The number of hydrogen-bond acceptors (Lipinski definition) is 5. The average Bonchev–Trinajstić information content (AvgIpc) is 2.96. The molecule has 7 heteroatoms. The largest absolute Gasteiger partial charge is 0.443 e. The second kappa shape index (κ2) is 8.84. The SMILES string of the molecule is Cc1oc2ncn(CCC(=O)NCCN(C)Cc3ccccc3)c(=O)c2c1C. The average molecular weight is 382 g/mol. The number of aromatic nitrogens is 2. The third-order valence-corrected chi connectivity index (χ3v) is 4.85. The summed E-state index contributed by atoms with van der Waals surface area (Å²) in [5, 5.41) is 3.40. The van der Waals surface area contributed by atoms with Crippen molar-refractivity contribution in [1.82, 2.24) is 19.8 Å². The van der Waals surface area contributed by atoms with Gasteiger partial charge in [0.15, 0.2) is 0 Å². The van der Waals surface area contributed by atoms with Crippen LogP contribution in [-0.4, -0.2) is 40.5 Å². The zero-order valence-electron chi connectivity index (χ0n) is 16.6. The van der Waals surface area contributed by atoms with Crippen LogP contribution in [0.5, 0.6) is 0 Å². The first-order valence-corrected chi connectivity index (χ1v) is 9.40. The van der Waals surface area contributed by atoms with Gasteiger partial charge >= 0.3 is 0 Å². The van der Waals surface area contributed by atoms with E-state index in [0.29, 0.717) is 23.4 Å². The fourth-order valence-electron chi connectivity index (χ4n) is 3.10. The lowest BCUT2D eigenvalue weighted by atomic mass is 10.2. The van der Waals surface area contributed by atoms with E-state index in [2.05, 4.69) is 27.3 Å². The van der Waals surface area contributed by atoms with Gasteiger partial charge in [-0.1, -0.05) is 30.3 Å². The molecule has 1 N–H and O–H groups in total. The van der Waals surface area contributed by atoms with Crippen LogP contribution in [0.3, 0.4) is 0 Å². The summed E-state index contributed by atoms with van der Waals surface area (Å²) in [5.74, 6) is 0.606. The van der Waals surface area contributed by atoms with Gasteiger partial charge in [0.25, 0.3) is 5.56 Å². The summed E-state index contributed by atoms with van der Waals surface area (Å²) in [6, 6.07) is 10.2. The smallest absolute Gasteiger partial charge is 0.264 e. The van der Waals surface area contributed by atoms with Gasteiger partial charge in [0.1, 0.15) is 17.5 Å². The fourth-order valence-corrected chi connectivity index (χ4v) is 3.10. The van der Waals surface area contributed by atoms with Gasteiger partial charge in [0.05, 0.1) is 0 Å². The Kier molecular flexibility index (Phi) is 6.26. The van der Waals surface area contributed by atoms with Gasteiger partial charge in [0, 0.05) is 38.2 Å². The number of fused-ring (bicyclic) bond motifs is 1. The number of furan rings is 1. The molecule has 1 aromatic carbocycles. The Morgan fingerprint density at radius 3 is 2.75 bits per heavy atom. The van der Waals surface area contributed by atoms with Crippen molar-refractivity contribution in [3.8, 4) is 0 Å². The zero-order chi connectivity index (χ0) is 20.1. The van der Waals surface area contributed by atoms with Gasteiger partial charge in [-0.2, -0.15) is 0 Å². The number of carbonyl (C=O) groups excluding carboxylic acids is 1. The van der Waals surface area contributed by atoms with E-state index in [1.807, 2.05) is 39.1 Å². The molecule has 0 aliphatic carbocycles. The maximum absolute atomic E-state index is 12.6. The molecule has 2 aromatic heterocycles. The molecule has 7 nitrogen and oxygen atoms in total. The lowest BCUT2D eigenvalue weighted by Gasteiger charge is -2.17. The number of nitrogens with zero attached hydrogens (tertiary/aromatic N) is 3. The Morgan fingerprint density at radius 2 is 2.00 bits per heavy atom. The number of rotatable bonds is 8. The molecule has 3 rings (SSSR count). The second-order valence-corrected chi connectivity index (χ2v) is 7.03. The Bertz CT molecular complexity index is 1010. The highest BCUT2D eigenvalue weighted by Crippen LogP contribution is 2.19. The summed E-state index contributed by atoms with van der Waals surface area (Å²) < 4.78 is 6.93. The van der Waals surface area contributed by atoms with Crippen LogP contribution in [0.1, 0.15) is 23.3 Å². The summed E-state index contributed by atoms with van der Waals surface area (Å²) in [6.45, 7) is 6.09. The summed E-state index contributed by atoms with van der Waals surface area (Å²) in [6.07, 6.45) is 1.67. The number of aryl methyl sites for hydroxylation is 3. The van der Waals surface area contributed by atoms with Gasteiger partial charge in [-0.15, -0.1) is 0 Å². The number of amides is 1. The van der Waals surface area contributed by atoms with E-state index >= 15 is 0 Å². The topological polar surface area (TPSA) is 80.4 Å². The first kappa shape index (κ1) is 19.8. The summed E-state index contributed by atoms with van der Waals surface area (Å²) in [7, 11) is 2.02. The van der Waals surface area contributed by atoms with Crippen LogP contribution in [0.15, 0.2) is 45.9 Å². The van der Waals surface area contributed by atoms with Crippen LogP contribution in [-0.2, 0) is 17.9 Å². The van der Waals surface area contributed by atoms with Crippen molar-refractivity contribution >= 4 is 17.0 Å². The normalized spacial score (nSPS) is 11.3. The molecule has 0 unspecified atom stereocenters. The molecule has 3 aromatic rings. The van der Waals surface area contributed by atoms with Gasteiger partial charge < -0.3 is 14.6 Å². The molecule has 0 fully saturated rings. The van der Waals surface area contributed by atoms with Crippen LogP contribution < -0.4 is 10.9 Å². The maximum atomic E-state index is 12.6. The second-order valence-electron chi connectivity index (χ2n) is 7.03. The lowest BCUT2D eigenvalue weighted by molar-refractivity contribution is -0.121. The lowest BCUT2D eigenvalue weighted by Crippen LogP contribution is -2.33. The Morgan fingerprint density at radius 1 is 1.25 bits per heavy atom. The number of benzene rings is 1. The summed E-state index contributed by atoms with van der Waals surface area (Å²) in [4.78, 5) is 31.0. The Balaban J connectivity index is 1.47. The highest BCUT2D eigenvalue weighted by molar-refractivity contribution is 5.77. The quantitative estimate of drug-likeness (QED) is 0.646. The van der Waals surface area contributed by atoms with E-state index in [1.165, 1.54) is 16.5 Å². The maximum Gasteiger partial charge on any atom is 0.264 e. The van der Waals surface area contributed by atoms with Crippen LogP contribution in [0.25, 0.3) is 11.1 Å². The standard InChI is InChI=1S/C21H26N4O3/c1-15-16(2)28-20-19(15)21(27)25(14-23-20)11-9-18(26)22-10-12-24(3)13-17-7-5-4-6-8-17/h4-8,14H,9-13H2,1-3H3,(H,22,26). The molecule has 28 heavy (non-hydrogen) atoms. The highest BCUT2D eigenvalue weighted by atomic mass is 16.3. The molecule has 0 radical (unpaired) electrons. The summed E-state index contributed by atoms with van der Waals surface area (Å²) in [5.41, 5.74) is 2.22. The predicted octanol–water partition coefficient (Wildman–Crippen LogP) is 2.24. The van der Waals surface area contributed by atoms with Crippen molar-refractivity contribution < 1.29 is 9.21 Å². The van der Waals surface area contributed by atoms with Gasteiger partial charge in [-0.25, -0.2) is 4.98 Å². The van der Waals surface area contributed by atoms with Crippen LogP contribution in [0, 0.1) is 13.8 Å². The van der Waals surface area contributed by atoms with Crippen molar-refractivity contribution in [2.45, 2.75) is 33.4 Å². The fraction of sp³-hybridized carbons (Fsp3) is 0.381. The van der Waals surface area contributed by atoms with Crippen molar-refractivity contribution in [1.29, 1.82) is 0 Å². The number of carbonyl (C=O) groups is 1. The molecular weight excluding hydrogens is 356 g/mol. The zero-order valence-corrected chi connectivity index (χ0v) is 16.6. The van der Waals surface area contributed by atoms with Crippen molar-refractivity contribution in [3.63, 3.8) is 0 Å². The van der Waals surface area contributed by atoms with E-state index in [1.54, 1.807) is 0 Å². The molecule has 1 amide bonds. The van der Waals surface area contributed by atoms with Crippen LogP contribution >= 0.6 is 0 Å². The molecular formula is C21H26N4O3.